The molecule has 3 aromatic rings. The van der Waals surface area contributed by atoms with Crippen molar-refractivity contribution in [3.63, 3.8) is 0 Å². The number of methoxy groups -OCH3 is 1. The molecule has 0 saturated carbocycles. The number of aromatic nitrogens is 2. The minimum absolute atomic E-state index is 0.705. The maximum absolute atomic E-state index is 10.9. The van der Waals surface area contributed by atoms with Crippen LogP contribution in [0.15, 0.2) is 49.1 Å². The molecule has 0 aliphatic carbocycles. The first-order chi connectivity index (χ1) is 11.5. The van der Waals surface area contributed by atoms with Gasteiger partial charge in [-0.05, 0) is 60.7 Å². The lowest BCUT2D eigenvalue weighted by Crippen LogP contribution is -2.05. The molecule has 0 amide bonds. The van der Waals surface area contributed by atoms with E-state index < -0.39 is 6.10 Å². The first kappa shape index (κ1) is 16.3. The highest BCUT2D eigenvalue weighted by Gasteiger charge is 2.17. The number of hydrogen-bond donors (Lipinski definition) is 1. The summed E-state index contributed by atoms with van der Waals surface area (Å²) in [6, 6.07) is 9.81. The van der Waals surface area contributed by atoms with Crippen LogP contribution in [0.1, 0.15) is 33.9 Å². The molecular weight excluding hydrogens is 300 g/mol. The molecule has 1 N–H and O–H groups in total. The molecule has 0 spiro atoms. The molecule has 1 atom stereocenters. The second-order valence-electron chi connectivity index (χ2n) is 6.06. The van der Waals surface area contributed by atoms with Crippen molar-refractivity contribution in [2.75, 3.05) is 7.11 Å². The zero-order valence-electron chi connectivity index (χ0n) is 14.4. The van der Waals surface area contributed by atoms with Crippen molar-refractivity contribution in [1.29, 1.82) is 0 Å². The van der Waals surface area contributed by atoms with Crippen LogP contribution in [0.4, 0.5) is 0 Å². The van der Waals surface area contributed by atoms with Gasteiger partial charge in [-0.3, -0.25) is 0 Å². The third kappa shape index (κ3) is 2.93. The lowest BCUT2D eigenvalue weighted by Gasteiger charge is -2.19. The Kier molecular flexibility index (Phi) is 4.40. The Bertz CT molecular complexity index is 854. The second-order valence-corrected chi connectivity index (χ2v) is 6.06. The average molecular weight is 322 g/mol. The minimum Gasteiger partial charge on any atom is -0.497 e. The predicted molar refractivity (Wildman–Crippen MR) is 94.8 cm³/mol. The molecule has 0 radical (unpaired) electrons. The highest BCUT2D eigenvalue weighted by molar-refractivity contribution is 5.48. The van der Waals surface area contributed by atoms with E-state index in [-0.39, 0.29) is 0 Å². The van der Waals surface area contributed by atoms with E-state index in [1.165, 1.54) is 11.1 Å². The molecule has 0 aliphatic heterocycles. The summed E-state index contributed by atoms with van der Waals surface area (Å²) in [5.41, 5.74) is 6.18. The van der Waals surface area contributed by atoms with Gasteiger partial charge in [-0.1, -0.05) is 12.1 Å². The van der Waals surface area contributed by atoms with E-state index >= 15 is 0 Å². The van der Waals surface area contributed by atoms with Gasteiger partial charge in [0.1, 0.15) is 11.9 Å². The monoisotopic (exact) mass is 322 g/mol. The highest BCUT2D eigenvalue weighted by Crippen LogP contribution is 2.31. The number of aryl methyl sites for hydroxylation is 1. The van der Waals surface area contributed by atoms with Crippen LogP contribution >= 0.6 is 0 Å². The largest absolute Gasteiger partial charge is 0.497 e. The zero-order chi connectivity index (χ0) is 17.3. The second kappa shape index (κ2) is 6.49. The van der Waals surface area contributed by atoms with E-state index in [2.05, 4.69) is 31.8 Å². The van der Waals surface area contributed by atoms with Crippen molar-refractivity contribution < 1.29 is 9.84 Å². The van der Waals surface area contributed by atoms with E-state index in [4.69, 9.17) is 4.74 Å². The van der Waals surface area contributed by atoms with E-state index in [0.29, 0.717) is 5.75 Å². The fourth-order valence-electron chi connectivity index (χ4n) is 2.90. The Morgan fingerprint density at radius 2 is 1.88 bits per heavy atom. The SMILES string of the molecule is COc1cc(C(O)c2ccc(C)c(C)c2C)cc(-n2ccnc2)c1. The fraction of sp³-hybridized carbons (Fsp3) is 0.250. The summed E-state index contributed by atoms with van der Waals surface area (Å²) in [5.74, 6) is 0.705. The third-order valence-corrected chi connectivity index (χ3v) is 4.66. The molecule has 4 nitrogen and oxygen atoms in total. The van der Waals surface area contributed by atoms with Gasteiger partial charge in [0.05, 0.1) is 19.1 Å². The molecule has 0 aliphatic rings. The van der Waals surface area contributed by atoms with Crippen molar-refractivity contribution in [1.82, 2.24) is 9.55 Å². The lowest BCUT2D eigenvalue weighted by atomic mass is 9.92. The molecule has 1 heterocycles. The summed E-state index contributed by atoms with van der Waals surface area (Å²) in [6.07, 6.45) is 4.61. The first-order valence-electron chi connectivity index (χ1n) is 7.93. The summed E-state index contributed by atoms with van der Waals surface area (Å²) in [7, 11) is 1.63. The predicted octanol–water partition coefficient (Wildman–Crippen LogP) is 3.89. The van der Waals surface area contributed by atoms with Crippen LogP contribution in [0.5, 0.6) is 5.75 Å². The number of benzene rings is 2. The zero-order valence-corrected chi connectivity index (χ0v) is 14.4. The molecule has 4 heteroatoms. The van der Waals surface area contributed by atoms with Crippen LogP contribution in [0.25, 0.3) is 5.69 Å². The maximum Gasteiger partial charge on any atom is 0.121 e. The summed E-state index contributed by atoms with van der Waals surface area (Å²) >= 11 is 0. The fourth-order valence-corrected chi connectivity index (χ4v) is 2.90. The molecule has 2 aromatic carbocycles. The number of aliphatic hydroxyl groups excluding tert-OH is 1. The van der Waals surface area contributed by atoms with Crippen molar-refractivity contribution >= 4 is 0 Å². The lowest BCUT2D eigenvalue weighted by molar-refractivity contribution is 0.219. The normalized spacial score (nSPS) is 12.2. The third-order valence-electron chi connectivity index (χ3n) is 4.66. The van der Waals surface area contributed by atoms with Gasteiger partial charge in [-0.15, -0.1) is 0 Å². The van der Waals surface area contributed by atoms with Crippen LogP contribution in [0, 0.1) is 20.8 Å². The number of aliphatic hydroxyl groups is 1. The van der Waals surface area contributed by atoms with E-state index in [1.54, 1.807) is 19.6 Å². The standard InChI is InChI=1S/C20H22N2O2/c1-13-5-6-19(15(3)14(13)2)20(23)16-9-17(11-18(10-16)24-4)22-8-7-21-12-22/h5-12,20,23H,1-4H3. The van der Waals surface area contributed by atoms with Gasteiger partial charge in [-0.25, -0.2) is 4.98 Å². The highest BCUT2D eigenvalue weighted by atomic mass is 16.5. The van der Waals surface area contributed by atoms with Crippen molar-refractivity contribution in [2.45, 2.75) is 26.9 Å². The molecule has 124 valence electrons. The van der Waals surface area contributed by atoms with Gasteiger partial charge in [0, 0.05) is 18.5 Å². The van der Waals surface area contributed by atoms with Crippen molar-refractivity contribution in [3.8, 4) is 11.4 Å². The van der Waals surface area contributed by atoms with Crippen molar-refractivity contribution in [3.05, 3.63) is 76.9 Å². The Morgan fingerprint density at radius 3 is 2.54 bits per heavy atom. The average Bonchev–Trinajstić information content (AvgIpc) is 3.13. The van der Waals surface area contributed by atoms with E-state index in [0.717, 1.165) is 22.4 Å². The van der Waals surface area contributed by atoms with Gasteiger partial charge in [0.25, 0.3) is 0 Å². The maximum atomic E-state index is 10.9. The van der Waals surface area contributed by atoms with Crippen LogP contribution in [0.3, 0.4) is 0 Å². The summed E-state index contributed by atoms with van der Waals surface area (Å²) < 4.78 is 7.30. The Balaban J connectivity index is 2.08. The van der Waals surface area contributed by atoms with Gasteiger partial charge in [0.2, 0.25) is 0 Å². The molecule has 24 heavy (non-hydrogen) atoms. The molecule has 3 rings (SSSR count). The first-order valence-corrected chi connectivity index (χ1v) is 7.93. The summed E-state index contributed by atoms with van der Waals surface area (Å²) in [5, 5.41) is 10.9. The Morgan fingerprint density at radius 1 is 1.08 bits per heavy atom. The number of imidazole rings is 1. The van der Waals surface area contributed by atoms with Crippen molar-refractivity contribution in [2.24, 2.45) is 0 Å². The van der Waals surface area contributed by atoms with E-state index in [9.17, 15) is 5.11 Å². The summed E-state index contributed by atoms with van der Waals surface area (Å²) in [4.78, 5) is 4.08. The van der Waals surface area contributed by atoms with Gasteiger partial charge in [-0.2, -0.15) is 0 Å². The molecular formula is C20H22N2O2. The van der Waals surface area contributed by atoms with Crippen LogP contribution < -0.4 is 4.74 Å². The molecule has 1 aromatic heterocycles. The van der Waals surface area contributed by atoms with Gasteiger partial charge >= 0.3 is 0 Å². The topological polar surface area (TPSA) is 47.3 Å². The van der Waals surface area contributed by atoms with Crippen LogP contribution in [0.2, 0.25) is 0 Å². The Labute approximate surface area is 142 Å². The van der Waals surface area contributed by atoms with Crippen LogP contribution in [-0.4, -0.2) is 21.8 Å². The van der Waals surface area contributed by atoms with E-state index in [1.807, 2.05) is 35.0 Å². The quantitative estimate of drug-likeness (QED) is 0.793. The molecule has 0 bridgehead atoms. The summed E-state index contributed by atoms with van der Waals surface area (Å²) in [6.45, 7) is 6.22. The number of nitrogens with zero attached hydrogens (tertiary/aromatic N) is 2. The molecule has 0 fully saturated rings. The molecule has 1 unspecified atom stereocenters. The van der Waals surface area contributed by atoms with Gasteiger partial charge < -0.3 is 14.4 Å². The number of rotatable bonds is 4. The smallest absolute Gasteiger partial charge is 0.121 e. The number of hydrogen-bond acceptors (Lipinski definition) is 3. The number of ether oxygens (including phenoxy) is 1. The van der Waals surface area contributed by atoms with Gasteiger partial charge in [0.15, 0.2) is 0 Å². The van der Waals surface area contributed by atoms with Crippen LogP contribution in [-0.2, 0) is 0 Å². The molecule has 0 saturated heterocycles. The Hall–Kier alpha value is -2.59. The minimum atomic E-state index is -0.707.